The third-order valence-corrected chi connectivity index (χ3v) is 6.03. The minimum Gasteiger partial charge on any atom is -0.491 e. The Morgan fingerprint density at radius 3 is 2.26 bits per heavy atom. The zero-order valence-corrected chi connectivity index (χ0v) is 19.9. The first-order valence-corrected chi connectivity index (χ1v) is 11.5. The molecule has 1 aliphatic rings. The van der Waals surface area contributed by atoms with Crippen LogP contribution in [0.3, 0.4) is 0 Å². The molecular weight excluding hydrogens is 512 g/mol. The molecule has 1 fully saturated rings. The number of carbonyl (C=O) groups is 2. The summed E-state index contributed by atoms with van der Waals surface area (Å²) in [6, 6.07) is 7.28. The lowest BCUT2D eigenvalue weighted by Gasteiger charge is -2.29. The predicted octanol–water partition coefficient (Wildman–Crippen LogP) is 5.21. The van der Waals surface area contributed by atoms with Gasteiger partial charge < -0.3 is 19.9 Å². The number of nitrogens with zero attached hydrogens (tertiary/aromatic N) is 1. The van der Waals surface area contributed by atoms with Gasteiger partial charge in [-0.25, -0.2) is 0 Å². The number of alkyl halides is 3. The molecule has 0 unspecified atom stereocenters. The van der Waals surface area contributed by atoms with Gasteiger partial charge in [0, 0.05) is 12.2 Å². The van der Waals surface area contributed by atoms with Crippen molar-refractivity contribution in [2.75, 3.05) is 38.2 Å². The number of hydrogen-bond donors (Lipinski definition) is 2. The molecule has 12 heteroatoms. The summed E-state index contributed by atoms with van der Waals surface area (Å²) in [7, 11) is 0. The second kappa shape index (κ2) is 11.8. The summed E-state index contributed by atoms with van der Waals surface area (Å²) < 4.78 is 49.0. The molecule has 2 aromatic carbocycles. The topological polar surface area (TPSA) is 88.1 Å². The van der Waals surface area contributed by atoms with E-state index in [9.17, 15) is 22.8 Å². The lowest BCUT2D eigenvalue weighted by atomic mass is 9.97. The number of benzene rings is 2. The molecule has 35 heavy (non-hydrogen) atoms. The average Bonchev–Trinajstić information content (AvgIpc) is 2.79. The van der Waals surface area contributed by atoms with E-state index in [4.69, 9.17) is 37.8 Å². The van der Waals surface area contributed by atoms with E-state index in [-0.39, 0.29) is 21.7 Å². The molecule has 1 heterocycles. The highest BCUT2D eigenvalue weighted by molar-refractivity contribution is 6.32. The minimum absolute atomic E-state index is 0.0521. The first-order valence-electron chi connectivity index (χ1n) is 10.7. The van der Waals surface area contributed by atoms with Crippen molar-refractivity contribution in [2.24, 2.45) is 5.92 Å². The molecule has 0 bridgehead atoms. The average molecular weight is 535 g/mol. The van der Waals surface area contributed by atoms with Crippen LogP contribution in [0, 0.1) is 5.92 Å². The summed E-state index contributed by atoms with van der Waals surface area (Å²) >= 11 is 12.1. The molecule has 7 nitrogen and oxygen atoms in total. The molecule has 2 aromatic rings. The zero-order chi connectivity index (χ0) is 25.6. The largest absolute Gasteiger partial charge is 0.491 e. The third-order valence-electron chi connectivity index (χ3n) is 5.44. The Hall–Kier alpha value is -2.69. The van der Waals surface area contributed by atoms with Gasteiger partial charge in [0.2, 0.25) is 0 Å². The molecule has 0 aromatic heterocycles. The summed E-state index contributed by atoms with van der Waals surface area (Å²) in [6.45, 7) is 1.91. The van der Waals surface area contributed by atoms with Crippen LogP contribution < -0.4 is 14.8 Å². The van der Waals surface area contributed by atoms with Gasteiger partial charge in [0.05, 0.1) is 21.5 Å². The fourth-order valence-electron chi connectivity index (χ4n) is 3.52. The number of hydrogen-bond acceptors (Lipinski definition) is 5. The van der Waals surface area contributed by atoms with E-state index < -0.39 is 30.2 Å². The highest BCUT2D eigenvalue weighted by atomic mass is 35.5. The van der Waals surface area contributed by atoms with Crippen LogP contribution in [0.15, 0.2) is 36.4 Å². The van der Waals surface area contributed by atoms with E-state index in [2.05, 4.69) is 10.2 Å². The van der Waals surface area contributed by atoms with Crippen molar-refractivity contribution in [3.63, 3.8) is 0 Å². The summed E-state index contributed by atoms with van der Waals surface area (Å²) in [5.74, 6) is -1.23. The van der Waals surface area contributed by atoms with Crippen LogP contribution in [0.5, 0.6) is 11.5 Å². The maximum Gasteiger partial charge on any atom is 0.416 e. The predicted molar refractivity (Wildman–Crippen MR) is 124 cm³/mol. The van der Waals surface area contributed by atoms with Crippen molar-refractivity contribution in [1.82, 2.24) is 4.90 Å². The maximum absolute atomic E-state index is 12.7. The van der Waals surface area contributed by atoms with Gasteiger partial charge in [0.25, 0.3) is 5.91 Å². The van der Waals surface area contributed by atoms with Gasteiger partial charge in [-0.3, -0.25) is 14.5 Å². The van der Waals surface area contributed by atoms with Gasteiger partial charge in [0.1, 0.15) is 18.1 Å². The molecule has 1 saturated heterocycles. The van der Waals surface area contributed by atoms with E-state index in [1.165, 1.54) is 6.07 Å². The summed E-state index contributed by atoms with van der Waals surface area (Å²) in [4.78, 5) is 25.3. The Labute approximate surface area is 209 Å². The van der Waals surface area contributed by atoms with Gasteiger partial charge in [0.15, 0.2) is 6.61 Å². The van der Waals surface area contributed by atoms with Crippen LogP contribution in [-0.4, -0.2) is 54.7 Å². The van der Waals surface area contributed by atoms with E-state index >= 15 is 0 Å². The first kappa shape index (κ1) is 26.9. The van der Waals surface area contributed by atoms with Crippen LogP contribution in [0.25, 0.3) is 0 Å². The molecule has 1 amide bonds. The highest BCUT2D eigenvalue weighted by Crippen LogP contribution is 2.34. The molecule has 0 saturated carbocycles. The number of likely N-dealkylation sites (tertiary alicyclic amines) is 1. The number of piperidine rings is 1. The van der Waals surface area contributed by atoms with E-state index in [0.717, 1.165) is 18.2 Å². The van der Waals surface area contributed by atoms with Crippen LogP contribution in [0.4, 0.5) is 18.9 Å². The molecule has 0 aliphatic carbocycles. The van der Waals surface area contributed by atoms with Crippen molar-refractivity contribution < 1.29 is 37.3 Å². The molecule has 0 radical (unpaired) electrons. The van der Waals surface area contributed by atoms with Gasteiger partial charge in [-0.1, -0.05) is 23.2 Å². The summed E-state index contributed by atoms with van der Waals surface area (Å²) in [6.07, 6.45) is -3.31. The highest BCUT2D eigenvalue weighted by Gasteiger charge is 2.31. The van der Waals surface area contributed by atoms with Crippen LogP contribution >= 0.6 is 23.2 Å². The number of halogens is 5. The Morgan fingerprint density at radius 1 is 1.03 bits per heavy atom. The zero-order valence-electron chi connectivity index (χ0n) is 18.4. The monoisotopic (exact) mass is 534 g/mol. The van der Waals surface area contributed by atoms with Crippen molar-refractivity contribution in [1.29, 1.82) is 0 Å². The molecule has 3 rings (SSSR count). The fraction of sp³-hybridized carbons (Fsp3) is 0.391. The van der Waals surface area contributed by atoms with Crippen molar-refractivity contribution >= 4 is 40.8 Å². The maximum atomic E-state index is 12.7. The molecule has 0 atom stereocenters. The first-order chi connectivity index (χ1) is 16.5. The molecule has 1 aliphatic heterocycles. The number of ether oxygens (including phenoxy) is 2. The van der Waals surface area contributed by atoms with Gasteiger partial charge in [-0.2, -0.15) is 13.2 Å². The Balaban J connectivity index is 1.44. The summed E-state index contributed by atoms with van der Waals surface area (Å²) in [5, 5.41) is 11.6. The summed E-state index contributed by atoms with van der Waals surface area (Å²) in [5.41, 5.74) is -0.538. The van der Waals surface area contributed by atoms with Crippen LogP contribution in [0.2, 0.25) is 10.0 Å². The normalized spacial score (nSPS) is 15.0. The Morgan fingerprint density at radius 2 is 1.66 bits per heavy atom. The van der Waals surface area contributed by atoms with E-state index in [0.29, 0.717) is 50.5 Å². The number of amides is 1. The number of carboxylic acids is 1. The van der Waals surface area contributed by atoms with Gasteiger partial charge in [-0.15, -0.1) is 0 Å². The minimum atomic E-state index is -4.53. The SMILES string of the molecule is O=C(COc1ccc(C(F)(F)F)cc1Cl)Nc1ccc(OCCN2CCC(C(=O)O)CC2)c(Cl)c1. The molecule has 190 valence electrons. The van der Waals surface area contributed by atoms with E-state index in [1.807, 2.05) is 0 Å². The number of anilines is 1. The number of carbonyl (C=O) groups excluding carboxylic acids is 1. The smallest absolute Gasteiger partial charge is 0.416 e. The van der Waals surface area contributed by atoms with Crippen LogP contribution in [-0.2, 0) is 15.8 Å². The second-order valence-electron chi connectivity index (χ2n) is 7.93. The second-order valence-corrected chi connectivity index (χ2v) is 8.74. The number of carboxylic acid groups (broad SMARTS) is 1. The lowest BCUT2D eigenvalue weighted by Crippen LogP contribution is -2.38. The van der Waals surface area contributed by atoms with Gasteiger partial charge in [-0.05, 0) is 62.3 Å². The van der Waals surface area contributed by atoms with Crippen molar-refractivity contribution in [2.45, 2.75) is 19.0 Å². The number of aliphatic carboxylic acids is 1. The van der Waals surface area contributed by atoms with Crippen molar-refractivity contribution in [3.8, 4) is 11.5 Å². The molecule has 0 spiro atoms. The quantitative estimate of drug-likeness (QED) is 0.459. The number of rotatable bonds is 9. The molecule has 2 N–H and O–H groups in total. The molecular formula is C23H23Cl2F3N2O5. The lowest BCUT2D eigenvalue weighted by molar-refractivity contribution is -0.143. The van der Waals surface area contributed by atoms with E-state index in [1.54, 1.807) is 12.1 Å². The number of nitrogens with one attached hydrogen (secondary N) is 1. The van der Waals surface area contributed by atoms with Gasteiger partial charge >= 0.3 is 12.1 Å². The third kappa shape index (κ3) is 7.91. The Kier molecular flexibility index (Phi) is 9.09. The Bertz CT molecular complexity index is 1060. The standard InChI is InChI=1S/C23H23Cl2F3N2O5/c24-17-11-15(23(26,27)28)1-3-20(17)35-13-21(31)29-16-2-4-19(18(25)12-16)34-10-9-30-7-5-14(6-8-30)22(32)33/h1-4,11-12,14H,5-10,13H2,(H,29,31)(H,32,33). The van der Waals surface area contributed by atoms with Crippen LogP contribution in [0.1, 0.15) is 18.4 Å². The van der Waals surface area contributed by atoms with Crippen molar-refractivity contribution in [3.05, 3.63) is 52.0 Å². The fourth-order valence-corrected chi connectivity index (χ4v) is 3.99.